The van der Waals surface area contributed by atoms with E-state index in [1.807, 2.05) is 0 Å². The minimum absolute atomic E-state index is 0.226. The molecule has 0 heterocycles. The van der Waals surface area contributed by atoms with Crippen molar-refractivity contribution in [3.05, 3.63) is 18.2 Å². The summed E-state index contributed by atoms with van der Waals surface area (Å²) in [5.41, 5.74) is 6.82. The molecule has 1 aliphatic rings. The Balaban J connectivity index is 2.24. The Bertz CT molecular complexity index is 587. The molecule has 4 N–H and O–H groups in total. The molecular formula is C15H25N3O2S. The van der Waals surface area contributed by atoms with E-state index >= 15 is 0 Å². The van der Waals surface area contributed by atoms with Crippen LogP contribution in [0, 0.1) is 5.92 Å². The summed E-state index contributed by atoms with van der Waals surface area (Å²) in [6, 6.07) is 5.33. The molecule has 2 rings (SSSR count). The van der Waals surface area contributed by atoms with Gasteiger partial charge in [0.05, 0.1) is 5.69 Å². The number of rotatable bonds is 5. The summed E-state index contributed by atoms with van der Waals surface area (Å²) in [6.07, 6.45) is 5.83. The number of anilines is 2. The molecule has 0 aromatic heterocycles. The van der Waals surface area contributed by atoms with Gasteiger partial charge in [0.15, 0.2) is 0 Å². The van der Waals surface area contributed by atoms with E-state index in [4.69, 9.17) is 5.73 Å². The van der Waals surface area contributed by atoms with Crippen LogP contribution in [0.15, 0.2) is 23.1 Å². The molecule has 2 unspecified atom stereocenters. The number of benzene rings is 1. The maximum absolute atomic E-state index is 12.1. The Morgan fingerprint density at radius 1 is 1.33 bits per heavy atom. The molecule has 0 radical (unpaired) electrons. The number of sulfonamides is 1. The first kappa shape index (κ1) is 16.1. The topological polar surface area (TPSA) is 84.2 Å². The zero-order chi connectivity index (χ0) is 15.5. The molecule has 0 aliphatic heterocycles. The Morgan fingerprint density at radius 2 is 2.10 bits per heavy atom. The Hall–Kier alpha value is -1.27. The number of nitrogens with two attached hydrogens (primary N) is 1. The van der Waals surface area contributed by atoms with Crippen molar-refractivity contribution in [3.63, 3.8) is 0 Å². The van der Waals surface area contributed by atoms with E-state index in [0.717, 1.165) is 18.8 Å². The van der Waals surface area contributed by atoms with Crippen LogP contribution >= 0.6 is 0 Å². The molecule has 0 amide bonds. The molecule has 1 aliphatic carbocycles. The van der Waals surface area contributed by atoms with Gasteiger partial charge in [-0.15, -0.1) is 0 Å². The van der Waals surface area contributed by atoms with Gasteiger partial charge in [-0.1, -0.05) is 26.2 Å². The summed E-state index contributed by atoms with van der Waals surface area (Å²) in [5, 5.41) is 3.41. The summed E-state index contributed by atoms with van der Waals surface area (Å²) in [4.78, 5) is 0.226. The smallest absolute Gasteiger partial charge is 0.242 e. The van der Waals surface area contributed by atoms with E-state index in [-0.39, 0.29) is 4.90 Å². The molecule has 0 spiro atoms. The maximum atomic E-state index is 12.1. The Labute approximate surface area is 127 Å². The van der Waals surface area contributed by atoms with Crippen molar-refractivity contribution in [1.82, 2.24) is 4.72 Å². The first-order valence-corrected chi connectivity index (χ1v) is 9.04. The predicted molar refractivity (Wildman–Crippen MR) is 86.8 cm³/mol. The number of hydrogen-bond donors (Lipinski definition) is 3. The van der Waals surface area contributed by atoms with Gasteiger partial charge in [-0.25, -0.2) is 13.1 Å². The number of hydrogen-bond acceptors (Lipinski definition) is 4. The fourth-order valence-corrected chi connectivity index (χ4v) is 3.93. The van der Waals surface area contributed by atoms with Crippen LogP contribution in [0.2, 0.25) is 0 Å². The molecule has 5 nitrogen and oxygen atoms in total. The van der Waals surface area contributed by atoms with Crippen LogP contribution in [0.5, 0.6) is 0 Å². The standard InChI is InChI=1S/C15H25N3O2S/c1-3-11-5-4-6-13(9-11)18-14-8-7-12(16)10-15(14)21(19,20)17-2/h7-8,10-11,13,17-18H,3-6,9,16H2,1-2H3. The van der Waals surface area contributed by atoms with Gasteiger partial charge < -0.3 is 11.1 Å². The van der Waals surface area contributed by atoms with Gasteiger partial charge >= 0.3 is 0 Å². The fourth-order valence-electron chi connectivity index (χ4n) is 3.00. The molecule has 1 aromatic rings. The zero-order valence-electron chi connectivity index (χ0n) is 12.7. The van der Waals surface area contributed by atoms with Gasteiger partial charge in [-0.2, -0.15) is 0 Å². The highest BCUT2D eigenvalue weighted by molar-refractivity contribution is 7.89. The van der Waals surface area contributed by atoms with Crippen LogP contribution in [-0.4, -0.2) is 21.5 Å². The summed E-state index contributed by atoms with van der Waals surface area (Å²) in [6.45, 7) is 2.22. The Kier molecular flexibility index (Phi) is 5.11. The summed E-state index contributed by atoms with van der Waals surface area (Å²) < 4.78 is 26.6. The van der Waals surface area contributed by atoms with Crippen molar-refractivity contribution >= 4 is 21.4 Å². The van der Waals surface area contributed by atoms with E-state index in [1.165, 1.54) is 32.4 Å². The quantitative estimate of drug-likeness (QED) is 0.730. The average Bonchev–Trinajstić information content (AvgIpc) is 2.49. The van der Waals surface area contributed by atoms with Gasteiger partial charge in [0, 0.05) is 11.7 Å². The second-order valence-corrected chi connectivity index (χ2v) is 7.60. The lowest BCUT2D eigenvalue weighted by atomic mass is 9.84. The minimum atomic E-state index is -3.51. The summed E-state index contributed by atoms with van der Waals surface area (Å²) >= 11 is 0. The monoisotopic (exact) mass is 311 g/mol. The highest BCUT2D eigenvalue weighted by Gasteiger charge is 2.23. The second kappa shape index (κ2) is 6.66. The van der Waals surface area contributed by atoms with Crippen LogP contribution < -0.4 is 15.8 Å². The third-order valence-electron chi connectivity index (χ3n) is 4.28. The van der Waals surface area contributed by atoms with Gasteiger partial charge in [0.1, 0.15) is 4.90 Å². The molecule has 6 heteroatoms. The molecule has 0 saturated heterocycles. The molecule has 118 valence electrons. The van der Waals surface area contributed by atoms with Crippen molar-refractivity contribution in [3.8, 4) is 0 Å². The van der Waals surface area contributed by atoms with Crippen LogP contribution in [0.4, 0.5) is 11.4 Å². The molecule has 1 saturated carbocycles. The summed E-state index contributed by atoms with van der Waals surface area (Å²) in [7, 11) is -2.10. The van der Waals surface area contributed by atoms with Crippen molar-refractivity contribution < 1.29 is 8.42 Å². The van der Waals surface area contributed by atoms with Gasteiger partial charge in [0.25, 0.3) is 0 Å². The van der Waals surface area contributed by atoms with E-state index in [1.54, 1.807) is 12.1 Å². The Morgan fingerprint density at radius 3 is 2.76 bits per heavy atom. The predicted octanol–water partition coefficient (Wildman–Crippen LogP) is 2.56. The lowest BCUT2D eigenvalue weighted by Gasteiger charge is -2.30. The van der Waals surface area contributed by atoms with E-state index in [9.17, 15) is 8.42 Å². The average molecular weight is 311 g/mol. The van der Waals surface area contributed by atoms with E-state index < -0.39 is 10.0 Å². The van der Waals surface area contributed by atoms with Crippen molar-refractivity contribution in [2.75, 3.05) is 18.1 Å². The van der Waals surface area contributed by atoms with Crippen LogP contribution in [0.1, 0.15) is 39.0 Å². The van der Waals surface area contributed by atoms with Crippen LogP contribution in [0.3, 0.4) is 0 Å². The second-order valence-electron chi connectivity index (χ2n) is 5.75. The molecule has 21 heavy (non-hydrogen) atoms. The van der Waals surface area contributed by atoms with Crippen LogP contribution in [-0.2, 0) is 10.0 Å². The first-order valence-electron chi connectivity index (χ1n) is 7.56. The molecular weight excluding hydrogens is 286 g/mol. The van der Waals surface area contributed by atoms with Gasteiger partial charge in [0.2, 0.25) is 10.0 Å². The molecule has 2 atom stereocenters. The molecule has 1 fully saturated rings. The fraction of sp³-hybridized carbons (Fsp3) is 0.600. The van der Waals surface area contributed by atoms with Crippen molar-refractivity contribution in [1.29, 1.82) is 0 Å². The van der Waals surface area contributed by atoms with Gasteiger partial charge in [-0.05, 0) is 44.0 Å². The maximum Gasteiger partial charge on any atom is 0.242 e. The third kappa shape index (κ3) is 3.89. The van der Waals surface area contributed by atoms with E-state index in [2.05, 4.69) is 17.0 Å². The minimum Gasteiger partial charge on any atom is -0.399 e. The van der Waals surface area contributed by atoms with Crippen molar-refractivity contribution in [2.24, 2.45) is 5.92 Å². The largest absolute Gasteiger partial charge is 0.399 e. The van der Waals surface area contributed by atoms with Crippen molar-refractivity contribution in [2.45, 2.75) is 50.0 Å². The molecule has 0 bridgehead atoms. The van der Waals surface area contributed by atoms with Crippen LogP contribution in [0.25, 0.3) is 0 Å². The lowest BCUT2D eigenvalue weighted by Crippen LogP contribution is -2.28. The number of nitrogen functional groups attached to an aromatic ring is 1. The lowest BCUT2D eigenvalue weighted by molar-refractivity contribution is 0.327. The SMILES string of the molecule is CCC1CCCC(Nc2ccc(N)cc2S(=O)(=O)NC)C1. The number of nitrogens with one attached hydrogen (secondary N) is 2. The van der Waals surface area contributed by atoms with E-state index in [0.29, 0.717) is 17.4 Å². The van der Waals surface area contributed by atoms with Gasteiger partial charge in [-0.3, -0.25) is 0 Å². The normalized spacial score (nSPS) is 23.0. The zero-order valence-corrected chi connectivity index (χ0v) is 13.5. The summed E-state index contributed by atoms with van der Waals surface area (Å²) in [5.74, 6) is 0.731. The highest BCUT2D eigenvalue weighted by Crippen LogP contribution is 2.31. The molecule has 1 aromatic carbocycles. The first-order chi connectivity index (χ1) is 9.96. The third-order valence-corrected chi connectivity index (χ3v) is 5.74. The highest BCUT2D eigenvalue weighted by atomic mass is 32.2.